The van der Waals surface area contributed by atoms with E-state index in [1.54, 1.807) is 45.6 Å². The number of carbonyl (C=O) groups excluding carboxylic acids is 1. The number of benzene rings is 2. The zero-order valence-corrected chi connectivity index (χ0v) is 24.2. The van der Waals surface area contributed by atoms with E-state index in [4.69, 9.17) is 9.72 Å². The van der Waals surface area contributed by atoms with Crippen LogP contribution in [0, 0.1) is 18.3 Å². The summed E-state index contributed by atoms with van der Waals surface area (Å²) in [6, 6.07) is 11.5. The fraction of sp³-hybridized carbons (Fsp3) is 0.267. The minimum atomic E-state index is -0.368. The maximum absolute atomic E-state index is 12.3. The molecule has 0 fully saturated rings. The van der Waals surface area contributed by atoms with E-state index in [1.165, 1.54) is 6.08 Å². The largest absolute Gasteiger partial charge is 0.494 e. The van der Waals surface area contributed by atoms with Crippen LogP contribution in [0.5, 0.6) is 5.75 Å². The van der Waals surface area contributed by atoms with Crippen molar-refractivity contribution < 1.29 is 19.4 Å². The maximum Gasteiger partial charge on any atom is 0.247 e. The van der Waals surface area contributed by atoms with Crippen molar-refractivity contribution in [2.45, 2.75) is 6.92 Å². The summed E-state index contributed by atoms with van der Waals surface area (Å²) in [4.78, 5) is 23.3. The lowest BCUT2D eigenvalue weighted by Gasteiger charge is -2.27. The van der Waals surface area contributed by atoms with Crippen LogP contribution in [0.3, 0.4) is 0 Å². The van der Waals surface area contributed by atoms with Crippen LogP contribution in [0.2, 0.25) is 0 Å². The molecular formula is C30H35N8O3+. The summed E-state index contributed by atoms with van der Waals surface area (Å²) in [6.07, 6.45) is 4.84. The van der Waals surface area contributed by atoms with Gasteiger partial charge in [-0.1, -0.05) is 6.58 Å². The lowest BCUT2D eigenvalue weighted by Crippen LogP contribution is -2.41. The Bertz CT molecular complexity index is 1660. The molecule has 0 spiro atoms. The summed E-state index contributed by atoms with van der Waals surface area (Å²) in [5.41, 5.74) is 5.70. The first kappa shape index (κ1) is 29.1. The Balaban J connectivity index is 1.72. The number of hydrogen-bond acceptors (Lipinski definition) is 8. The van der Waals surface area contributed by atoms with E-state index < -0.39 is 0 Å². The minimum absolute atomic E-state index is 0.199. The number of carbonyl (C=O) groups is 1. The van der Waals surface area contributed by atoms with Gasteiger partial charge in [-0.05, 0) is 42.8 Å². The van der Waals surface area contributed by atoms with Gasteiger partial charge in [-0.15, -0.1) is 0 Å². The Morgan fingerprint density at radius 3 is 2.71 bits per heavy atom. The number of nitrogens with one attached hydrogen (secondary N) is 2. The van der Waals surface area contributed by atoms with Crippen LogP contribution >= 0.6 is 0 Å². The fourth-order valence-corrected chi connectivity index (χ4v) is 4.62. The number of amides is 1. The molecule has 11 nitrogen and oxygen atoms in total. The number of methoxy groups -OCH3 is 1. The van der Waals surface area contributed by atoms with Crippen molar-refractivity contribution in [3.8, 4) is 23.1 Å². The summed E-state index contributed by atoms with van der Waals surface area (Å²) in [5.74, 6) is 0.445. The molecule has 11 heteroatoms. The lowest BCUT2D eigenvalue weighted by atomic mass is 10.0. The van der Waals surface area contributed by atoms with E-state index in [2.05, 4.69) is 28.3 Å². The van der Waals surface area contributed by atoms with E-state index in [0.29, 0.717) is 53.1 Å². The number of hydrogen-bond donors (Lipinski definition) is 3. The second kappa shape index (κ2) is 11.7. The van der Waals surface area contributed by atoms with Gasteiger partial charge in [0.25, 0.3) is 0 Å². The zero-order chi connectivity index (χ0) is 29.9. The Morgan fingerprint density at radius 1 is 1.29 bits per heavy atom. The van der Waals surface area contributed by atoms with E-state index in [1.807, 2.05) is 48.8 Å². The van der Waals surface area contributed by atoms with E-state index >= 15 is 0 Å². The van der Waals surface area contributed by atoms with Crippen LogP contribution in [0.15, 0.2) is 55.4 Å². The molecule has 212 valence electrons. The van der Waals surface area contributed by atoms with Gasteiger partial charge in [0.2, 0.25) is 11.9 Å². The van der Waals surface area contributed by atoms with Crippen molar-refractivity contribution >= 4 is 39.8 Å². The Morgan fingerprint density at radius 2 is 2.05 bits per heavy atom. The number of nitrogens with zero attached hydrogens (tertiary/aromatic N) is 6. The van der Waals surface area contributed by atoms with Crippen LogP contribution in [-0.4, -0.2) is 71.6 Å². The molecule has 1 amide bonds. The second-order valence-corrected chi connectivity index (χ2v) is 10.4. The topological polar surface area (TPSA) is 128 Å². The van der Waals surface area contributed by atoms with Gasteiger partial charge in [-0.3, -0.25) is 4.79 Å². The highest BCUT2D eigenvalue weighted by Gasteiger charge is 2.19. The normalized spacial score (nSPS) is 11.2. The molecule has 0 unspecified atom stereocenters. The predicted molar refractivity (Wildman–Crippen MR) is 161 cm³/mol. The second-order valence-electron chi connectivity index (χ2n) is 10.4. The molecule has 0 radical (unpaired) electrons. The third-order valence-electron chi connectivity index (χ3n) is 6.75. The summed E-state index contributed by atoms with van der Waals surface area (Å²) in [7, 11) is 8.73. The van der Waals surface area contributed by atoms with E-state index in [9.17, 15) is 15.3 Å². The molecule has 2 aromatic carbocycles. The fourth-order valence-electron chi connectivity index (χ4n) is 4.62. The monoisotopic (exact) mass is 555 g/mol. The number of fused-ring (bicyclic) bond motifs is 1. The van der Waals surface area contributed by atoms with Crippen molar-refractivity contribution in [2.24, 2.45) is 7.05 Å². The van der Waals surface area contributed by atoms with E-state index in [0.717, 1.165) is 22.0 Å². The molecule has 0 aliphatic rings. The van der Waals surface area contributed by atoms with Gasteiger partial charge in [-0.2, -0.15) is 9.91 Å². The first-order chi connectivity index (χ1) is 19.4. The number of aromatic nitrogens is 3. The summed E-state index contributed by atoms with van der Waals surface area (Å²) in [5, 5.41) is 27.0. The number of anilines is 4. The van der Waals surface area contributed by atoms with Gasteiger partial charge in [0.15, 0.2) is 0 Å². The first-order valence-electron chi connectivity index (χ1n) is 13.0. The molecule has 4 rings (SSSR count). The molecule has 0 saturated carbocycles. The first-order valence-corrected chi connectivity index (χ1v) is 13.0. The Labute approximate surface area is 239 Å². The number of likely N-dealkylation sites (N-methyl/N-ethyl adjacent to an activating group) is 2. The van der Waals surface area contributed by atoms with Gasteiger partial charge >= 0.3 is 0 Å². The van der Waals surface area contributed by atoms with Crippen molar-refractivity contribution in [2.75, 3.05) is 56.9 Å². The highest BCUT2D eigenvalue weighted by molar-refractivity contribution is 6.02. The van der Waals surface area contributed by atoms with Crippen molar-refractivity contribution in [3.63, 3.8) is 0 Å². The van der Waals surface area contributed by atoms with Crippen LogP contribution in [-0.2, 0) is 11.8 Å². The SMILES string of the molecule is C=CC(=O)Nc1cc(Nc2nccc(-c3cc(C#N)c4c(c3)c(C)cn4C)n2)c(OC)cc1N(C)CC[N+](C)(C)O. The van der Waals surface area contributed by atoms with Crippen molar-refractivity contribution in [3.05, 3.63) is 66.5 Å². The van der Waals surface area contributed by atoms with Crippen LogP contribution in [0.1, 0.15) is 11.1 Å². The molecule has 2 heterocycles. The van der Waals surface area contributed by atoms with Gasteiger partial charge in [0.05, 0.1) is 61.6 Å². The van der Waals surface area contributed by atoms with Gasteiger partial charge in [-0.25, -0.2) is 15.2 Å². The maximum atomic E-state index is 12.3. The Kier molecular flexibility index (Phi) is 8.28. The molecule has 0 aliphatic heterocycles. The minimum Gasteiger partial charge on any atom is -0.494 e. The molecular weight excluding hydrogens is 520 g/mol. The number of quaternary nitrogens is 1. The van der Waals surface area contributed by atoms with Gasteiger partial charge in [0, 0.05) is 43.5 Å². The molecule has 41 heavy (non-hydrogen) atoms. The molecule has 2 aromatic heterocycles. The molecule has 0 saturated heterocycles. The van der Waals surface area contributed by atoms with Crippen LogP contribution in [0.4, 0.5) is 23.0 Å². The quantitative estimate of drug-likeness (QED) is 0.147. The average Bonchev–Trinajstić information content (AvgIpc) is 3.23. The molecule has 4 aromatic rings. The number of nitriles is 1. The zero-order valence-electron chi connectivity index (χ0n) is 24.2. The third-order valence-corrected chi connectivity index (χ3v) is 6.75. The summed E-state index contributed by atoms with van der Waals surface area (Å²) in [6.45, 7) is 6.54. The van der Waals surface area contributed by atoms with E-state index in [-0.39, 0.29) is 10.6 Å². The molecule has 3 N–H and O–H groups in total. The standard InChI is InChI=1S/C30H34N8O3/c1-8-28(39)33-24-15-25(27(41-7)16-26(24)36(3)11-12-38(5,6)40)35-30-32-10-9-23(34-30)20-13-21(17-31)29-22(14-20)19(2)18-37(29)4/h8-10,13-16,18,40H,1,11-12H2,2-7H3,(H-,32,33,34,35,39)/p+1. The smallest absolute Gasteiger partial charge is 0.247 e. The van der Waals surface area contributed by atoms with Crippen molar-refractivity contribution in [1.82, 2.24) is 14.5 Å². The number of aryl methyl sites for hydroxylation is 2. The lowest BCUT2D eigenvalue weighted by molar-refractivity contribution is -1.07. The Hall–Kier alpha value is -4.92. The van der Waals surface area contributed by atoms with Crippen LogP contribution < -0.4 is 20.3 Å². The third kappa shape index (κ3) is 6.46. The van der Waals surface area contributed by atoms with Crippen molar-refractivity contribution in [1.29, 1.82) is 5.26 Å². The summed E-state index contributed by atoms with van der Waals surface area (Å²) < 4.78 is 7.44. The average molecular weight is 556 g/mol. The van der Waals surface area contributed by atoms with Crippen LogP contribution in [0.25, 0.3) is 22.2 Å². The predicted octanol–water partition coefficient (Wildman–Crippen LogP) is 4.59. The molecule has 0 aliphatic carbocycles. The summed E-state index contributed by atoms with van der Waals surface area (Å²) >= 11 is 0. The number of rotatable bonds is 10. The number of hydroxylamine groups is 3. The highest BCUT2D eigenvalue weighted by Crippen LogP contribution is 2.38. The highest BCUT2D eigenvalue weighted by atomic mass is 16.5. The number of ether oxygens (including phenoxy) is 1. The van der Waals surface area contributed by atoms with Gasteiger partial charge in [0.1, 0.15) is 18.4 Å². The molecule has 0 bridgehead atoms. The van der Waals surface area contributed by atoms with Gasteiger partial charge < -0.3 is 24.8 Å². The molecule has 0 atom stereocenters.